The van der Waals surface area contributed by atoms with Gasteiger partial charge in [0.25, 0.3) is 0 Å². The highest BCUT2D eigenvalue weighted by Crippen LogP contribution is 2.31. The molecule has 3 nitrogen and oxygen atoms in total. The Morgan fingerprint density at radius 3 is 2.33 bits per heavy atom. The second-order valence-electron chi connectivity index (χ2n) is 8.19. The minimum Gasteiger partial charge on any atom is -0.380 e. The molecule has 3 heteroatoms. The van der Waals surface area contributed by atoms with Crippen molar-refractivity contribution in [2.45, 2.75) is 72.9 Å². The van der Waals surface area contributed by atoms with Crippen LogP contribution in [0.5, 0.6) is 0 Å². The van der Waals surface area contributed by atoms with E-state index in [9.17, 15) is 0 Å². The normalized spacial score (nSPS) is 23.7. The number of ether oxygens (including phenoxy) is 1. The Morgan fingerprint density at radius 1 is 1.24 bits per heavy atom. The summed E-state index contributed by atoms with van der Waals surface area (Å²) in [7, 11) is 0. The highest BCUT2D eigenvalue weighted by Gasteiger charge is 2.40. The average Bonchev–Trinajstić information content (AvgIpc) is 2.42. The first-order valence-electron chi connectivity index (χ1n) is 8.81. The highest BCUT2D eigenvalue weighted by molar-refractivity contribution is 4.99. The standard InChI is InChI=1S/C18H38N2O/c1-8-18(9-2)14-20(10-11-21-13-15(3)4)16(12-19-18)17(5,6)7/h15-16,19H,8-14H2,1-7H3. The van der Waals surface area contributed by atoms with Gasteiger partial charge in [-0.25, -0.2) is 0 Å². The van der Waals surface area contributed by atoms with Crippen LogP contribution in [0.15, 0.2) is 0 Å². The number of rotatable bonds is 7. The van der Waals surface area contributed by atoms with Crippen molar-refractivity contribution in [3.05, 3.63) is 0 Å². The fourth-order valence-corrected chi connectivity index (χ4v) is 3.31. The SMILES string of the molecule is CCC1(CC)CN(CCOCC(C)C)C(C(C)(C)C)CN1. The van der Waals surface area contributed by atoms with Crippen molar-refractivity contribution in [1.29, 1.82) is 0 Å². The summed E-state index contributed by atoms with van der Waals surface area (Å²) in [6.07, 6.45) is 2.40. The van der Waals surface area contributed by atoms with Gasteiger partial charge in [-0.05, 0) is 24.2 Å². The molecule has 1 rings (SSSR count). The Bertz CT molecular complexity index is 292. The minimum atomic E-state index is 0.291. The first kappa shape index (κ1) is 18.9. The van der Waals surface area contributed by atoms with E-state index in [-0.39, 0.29) is 0 Å². The molecule has 0 spiro atoms. The van der Waals surface area contributed by atoms with Crippen LogP contribution in [-0.4, -0.2) is 49.3 Å². The molecule has 1 saturated heterocycles. The lowest BCUT2D eigenvalue weighted by Gasteiger charge is -2.51. The number of hydrogen-bond donors (Lipinski definition) is 1. The maximum Gasteiger partial charge on any atom is 0.0593 e. The van der Waals surface area contributed by atoms with Crippen LogP contribution in [0.25, 0.3) is 0 Å². The maximum atomic E-state index is 5.83. The molecule has 0 amide bonds. The van der Waals surface area contributed by atoms with Gasteiger partial charge in [0.2, 0.25) is 0 Å². The van der Waals surface area contributed by atoms with Crippen LogP contribution in [-0.2, 0) is 4.74 Å². The summed E-state index contributed by atoms with van der Waals surface area (Å²) in [6, 6.07) is 0.589. The van der Waals surface area contributed by atoms with E-state index in [1.54, 1.807) is 0 Å². The predicted octanol–water partition coefficient (Wildman–Crippen LogP) is 3.54. The number of nitrogens with zero attached hydrogens (tertiary/aromatic N) is 1. The molecule has 126 valence electrons. The molecule has 0 aromatic carbocycles. The molecular formula is C18H38N2O. The summed E-state index contributed by atoms with van der Waals surface area (Å²) < 4.78 is 5.83. The van der Waals surface area contributed by atoms with Gasteiger partial charge in [-0.2, -0.15) is 0 Å². The molecule has 1 unspecified atom stereocenters. The topological polar surface area (TPSA) is 24.5 Å². The third-order valence-corrected chi connectivity index (χ3v) is 4.94. The van der Waals surface area contributed by atoms with E-state index in [4.69, 9.17) is 4.74 Å². The Balaban J connectivity index is 2.65. The van der Waals surface area contributed by atoms with Gasteiger partial charge in [0, 0.05) is 37.8 Å². The van der Waals surface area contributed by atoms with Crippen LogP contribution in [0.4, 0.5) is 0 Å². The lowest BCUT2D eigenvalue weighted by Crippen LogP contribution is -2.66. The maximum absolute atomic E-state index is 5.83. The minimum absolute atomic E-state index is 0.291. The number of piperazine rings is 1. The van der Waals surface area contributed by atoms with Gasteiger partial charge in [0.05, 0.1) is 6.61 Å². The van der Waals surface area contributed by atoms with E-state index >= 15 is 0 Å². The summed E-state index contributed by atoms with van der Waals surface area (Å²) >= 11 is 0. The van der Waals surface area contributed by atoms with Gasteiger partial charge in [0.1, 0.15) is 0 Å². The molecule has 21 heavy (non-hydrogen) atoms. The molecule has 0 bridgehead atoms. The van der Waals surface area contributed by atoms with E-state index in [0.29, 0.717) is 22.9 Å². The van der Waals surface area contributed by atoms with Crippen LogP contribution < -0.4 is 5.32 Å². The van der Waals surface area contributed by atoms with Crippen LogP contribution in [0.2, 0.25) is 0 Å². The molecule has 1 heterocycles. The molecular weight excluding hydrogens is 260 g/mol. The zero-order chi connectivity index (χ0) is 16.1. The first-order chi connectivity index (χ1) is 9.74. The van der Waals surface area contributed by atoms with Crippen molar-refractivity contribution >= 4 is 0 Å². The third-order valence-electron chi connectivity index (χ3n) is 4.94. The lowest BCUT2D eigenvalue weighted by atomic mass is 9.80. The molecule has 0 aliphatic carbocycles. The summed E-state index contributed by atoms with van der Waals surface area (Å²) in [5.74, 6) is 0.622. The Morgan fingerprint density at radius 2 is 1.86 bits per heavy atom. The van der Waals surface area contributed by atoms with Gasteiger partial charge < -0.3 is 10.1 Å². The second kappa shape index (κ2) is 7.94. The Kier molecular flexibility index (Phi) is 7.15. The summed E-state index contributed by atoms with van der Waals surface area (Å²) in [5.41, 5.74) is 0.596. The second-order valence-corrected chi connectivity index (χ2v) is 8.19. The van der Waals surface area contributed by atoms with Gasteiger partial charge in [-0.1, -0.05) is 48.5 Å². The number of hydrogen-bond acceptors (Lipinski definition) is 3. The molecule has 1 fully saturated rings. The zero-order valence-electron chi connectivity index (χ0n) is 15.5. The van der Waals surface area contributed by atoms with Crippen molar-refractivity contribution in [3.8, 4) is 0 Å². The lowest BCUT2D eigenvalue weighted by molar-refractivity contribution is -0.00484. The molecule has 1 aliphatic heterocycles. The fourth-order valence-electron chi connectivity index (χ4n) is 3.31. The molecule has 0 saturated carbocycles. The van der Waals surface area contributed by atoms with Crippen LogP contribution in [0.3, 0.4) is 0 Å². The van der Waals surface area contributed by atoms with E-state index in [0.717, 1.165) is 32.8 Å². The molecule has 1 aliphatic rings. The van der Waals surface area contributed by atoms with Crippen LogP contribution in [0, 0.1) is 11.3 Å². The van der Waals surface area contributed by atoms with Gasteiger partial charge in [0.15, 0.2) is 0 Å². The van der Waals surface area contributed by atoms with Crippen molar-refractivity contribution < 1.29 is 4.74 Å². The van der Waals surface area contributed by atoms with Gasteiger partial charge >= 0.3 is 0 Å². The summed E-state index contributed by atoms with van der Waals surface area (Å²) in [6.45, 7) is 21.1. The smallest absolute Gasteiger partial charge is 0.0593 e. The predicted molar refractivity (Wildman–Crippen MR) is 91.8 cm³/mol. The van der Waals surface area contributed by atoms with Crippen molar-refractivity contribution in [2.75, 3.05) is 32.8 Å². The quantitative estimate of drug-likeness (QED) is 0.728. The fraction of sp³-hybridized carbons (Fsp3) is 1.00. The van der Waals surface area contributed by atoms with Crippen molar-refractivity contribution in [3.63, 3.8) is 0 Å². The average molecular weight is 299 g/mol. The first-order valence-corrected chi connectivity index (χ1v) is 8.81. The molecule has 0 radical (unpaired) electrons. The Hall–Kier alpha value is -0.120. The summed E-state index contributed by atoms with van der Waals surface area (Å²) in [5, 5.41) is 3.84. The highest BCUT2D eigenvalue weighted by atomic mass is 16.5. The largest absolute Gasteiger partial charge is 0.380 e. The van der Waals surface area contributed by atoms with E-state index in [2.05, 4.69) is 58.7 Å². The molecule has 1 N–H and O–H groups in total. The van der Waals surface area contributed by atoms with Crippen LogP contribution in [0.1, 0.15) is 61.3 Å². The third kappa shape index (κ3) is 5.54. The summed E-state index contributed by atoms with van der Waals surface area (Å²) in [4.78, 5) is 2.67. The number of nitrogens with one attached hydrogen (secondary N) is 1. The van der Waals surface area contributed by atoms with E-state index in [1.165, 1.54) is 12.8 Å². The van der Waals surface area contributed by atoms with Gasteiger partial charge in [-0.3, -0.25) is 4.90 Å². The van der Waals surface area contributed by atoms with E-state index < -0.39 is 0 Å². The molecule has 1 atom stereocenters. The monoisotopic (exact) mass is 298 g/mol. The van der Waals surface area contributed by atoms with Crippen molar-refractivity contribution in [1.82, 2.24) is 10.2 Å². The van der Waals surface area contributed by atoms with Gasteiger partial charge in [-0.15, -0.1) is 0 Å². The zero-order valence-corrected chi connectivity index (χ0v) is 15.5. The van der Waals surface area contributed by atoms with E-state index in [1.807, 2.05) is 0 Å². The molecule has 0 aromatic rings. The van der Waals surface area contributed by atoms with Crippen LogP contribution >= 0.6 is 0 Å². The van der Waals surface area contributed by atoms with Crippen molar-refractivity contribution in [2.24, 2.45) is 11.3 Å². The molecule has 0 aromatic heterocycles. The Labute approximate surface area is 132 Å².